The van der Waals surface area contributed by atoms with Gasteiger partial charge in [-0.15, -0.1) is 0 Å². The predicted molar refractivity (Wildman–Crippen MR) is 125 cm³/mol. The molecule has 1 saturated heterocycles. The lowest BCUT2D eigenvalue weighted by molar-refractivity contribution is -0.170. The van der Waals surface area contributed by atoms with Crippen LogP contribution in [0.2, 0.25) is 0 Å². The molecule has 1 aliphatic carbocycles. The average molecular weight is 527 g/mol. The highest BCUT2D eigenvalue weighted by Gasteiger charge is 2.49. The average Bonchev–Trinajstić information content (AvgIpc) is 3.29. The number of aliphatic hydroxyl groups is 1. The second kappa shape index (κ2) is 9.80. The Labute approximate surface area is 211 Å². The Balaban J connectivity index is 1.67. The van der Waals surface area contributed by atoms with Crippen molar-refractivity contribution in [3.63, 3.8) is 0 Å². The van der Waals surface area contributed by atoms with Crippen LogP contribution in [0.25, 0.3) is 0 Å². The van der Waals surface area contributed by atoms with E-state index < -0.39 is 46.8 Å². The Bertz CT molecular complexity index is 1180. The van der Waals surface area contributed by atoms with Gasteiger partial charge in [0.05, 0.1) is 30.0 Å². The second-order valence-electron chi connectivity index (χ2n) is 10.2. The van der Waals surface area contributed by atoms with Crippen molar-refractivity contribution in [2.24, 2.45) is 0 Å². The summed E-state index contributed by atoms with van der Waals surface area (Å²) in [5, 5.41) is 15.4. The molecular formula is C25H30F4N4O4. The summed E-state index contributed by atoms with van der Waals surface area (Å²) in [4.78, 5) is 21.1. The lowest BCUT2D eigenvalue weighted by Crippen LogP contribution is -2.41. The molecule has 2 aromatic rings. The number of halogens is 4. The number of amides is 1. The van der Waals surface area contributed by atoms with Crippen LogP contribution in [0.15, 0.2) is 18.2 Å². The van der Waals surface area contributed by atoms with Gasteiger partial charge in [-0.25, -0.2) is 18.7 Å². The fourth-order valence-corrected chi connectivity index (χ4v) is 3.95. The van der Waals surface area contributed by atoms with E-state index in [-0.39, 0.29) is 48.2 Å². The van der Waals surface area contributed by atoms with E-state index in [1.165, 1.54) is 19.1 Å². The third kappa shape index (κ3) is 5.55. The molecule has 1 aromatic carbocycles. The number of hydrogen-bond acceptors (Lipinski definition) is 7. The fourth-order valence-electron chi connectivity index (χ4n) is 3.95. The largest absolute Gasteiger partial charge is 0.384 e. The molecule has 1 amide bonds. The molecule has 1 aromatic heterocycles. The van der Waals surface area contributed by atoms with Crippen molar-refractivity contribution < 1.29 is 36.9 Å². The SMILES string of the molecule is Cc1nc(NCc2cccc(C(F)(F)C(C)(C)O)c2F)c(C2OCCO2)c(C(F)C(=O)NC2(C)CC2)n1. The van der Waals surface area contributed by atoms with Gasteiger partial charge in [-0.05, 0) is 46.6 Å². The highest BCUT2D eigenvalue weighted by molar-refractivity contribution is 5.83. The lowest BCUT2D eigenvalue weighted by atomic mass is 9.92. The normalized spacial score (nSPS) is 18.5. The zero-order valence-corrected chi connectivity index (χ0v) is 21.0. The van der Waals surface area contributed by atoms with Crippen molar-refractivity contribution in [3.05, 3.63) is 52.2 Å². The Hall–Kier alpha value is -2.83. The molecular weight excluding hydrogens is 496 g/mol. The maximum absolute atomic E-state index is 15.5. The van der Waals surface area contributed by atoms with Crippen molar-refractivity contribution in [2.75, 3.05) is 18.5 Å². The predicted octanol–water partition coefficient (Wildman–Crippen LogP) is 4.12. The van der Waals surface area contributed by atoms with Gasteiger partial charge in [0.25, 0.3) is 5.91 Å². The zero-order chi connectivity index (χ0) is 27.2. The van der Waals surface area contributed by atoms with Crippen LogP contribution in [-0.2, 0) is 26.7 Å². The minimum absolute atomic E-state index is 0.0153. The van der Waals surface area contributed by atoms with Crippen molar-refractivity contribution in [3.8, 4) is 0 Å². The summed E-state index contributed by atoms with van der Waals surface area (Å²) in [5.41, 5.74) is -4.29. The third-order valence-electron chi connectivity index (χ3n) is 6.47. The summed E-state index contributed by atoms with van der Waals surface area (Å²) in [7, 11) is 0. The van der Waals surface area contributed by atoms with E-state index in [4.69, 9.17) is 9.47 Å². The maximum Gasteiger partial charge on any atom is 0.303 e. The molecule has 0 spiro atoms. The van der Waals surface area contributed by atoms with E-state index in [1.807, 2.05) is 6.92 Å². The van der Waals surface area contributed by atoms with E-state index in [9.17, 15) is 18.7 Å². The summed E-state index contributed by atoms with van der Waals surface area (Å²) in [6.45, 7) is 5.19. The molecule has 2 aliphatic rings. The highest BCUT2D eigenvalue weighted by atomic mass is 19.3. The molecule has 1 aliphatic heterocycles. The monoisotopic (exact) mass is 526 g/mol. The first-order chi connectivity index (χ1) is 17.2. The summed E-state index contributed by atoms with van der Waals surface area (Å²) in [6.07, 6.45) is -1.77. The molecule has 8 nitrogen and oxygen atoms in total. The van der Waals surface area contributed by atoms with Crippen LogP contribution in [0.3, 0.4) is 0 Å². The molecule has 1 unspecified atom stereocenters. The van der Waals surface area contributed by atoms with E-state index in [1.54, 1.807) is 0 Å². The molecule has 1 saturated carbocycles. The van der Waals surface area contributed by atoms with Crippen LogP contribution in [0.1, 0.15) is 74.3 Å². The number of aromatic nitrogens is 2. The zero-order valence-electron chi connectivity index (χ0n) is 21.0. The Morgan fingerprint density at radius 2 is 1.89 bits per heavy atom. The number of alkyl halides is 3. The van der Waals surface area contributed by atoms with Crippen LogP contribution in [0, 0.1) is 12.7 Å². The smallest absolute Gasteiger partial charge is 0.303 e. The molecule has 3 N–H and O–H groups in total. The lowest BCUT2D eigenvalue weighted by Gasteiger charge is -2.30. The number of nitrogens with one attached hydrogen (secondary N) is 2. The molecule has 1 atom stereocenters. The number of hydrogen-bond donors (Lipinski definition) is 3. The molecule has 0 bridgehead atoms. The first kappa shape index (κ1) is 27.2. The van der Waals surface area contributed by atoms with E-state index in [0.29, 0.717) is 0 Å². The maximum atomic E-state index is 15.5. The second-order valence-corrected chi connectivity index (χ2v) is 10.2. The molecule has 0 radical (unpaired) electrons. The first-order valence-electron chi connectivity index (χ1n) is 11.9. The number of rotatable bonds is 9. The van der Waals surface area contributed by atoms with E-state index >= 15 is 8.78 Å². The van der Waals surface area contributed by atoms with Crippen LogP contribution in [0.5, 0.6) is 0 Å². The number of aryl methyl sites for hydroxylation is 1. The standard InChI is InChI=1S/C25H30F4N4O4/c1-13-31-19(18(27)21(34)33-24(4)8-9-24)16(22-36-10-11-37-22)20(32-13)30-12-14-6-5-7-15(17(14)26)25(28,29)23(2,3)35/h5-7,18,22,35H,8-12H2,1-4H3,(H,33,34)(H,30,31,32). The Morgan fingerprint density at radius 3 is 2.49 bits per heavy atom. The molecule has 2 fully saturated rings. The van der Waals surface area contributed by atoms with Crippen LogP contribution in [-0.4, -0.2) is 45.3 Å². The van der Waals surface area contributed by atoms with Crippen LogP contribution < -0.4 is 10.6 Å². The van der Waals surface area contributed by atoms with Gasteiger partial charge in [0, 0.05) is 17.6 Å². The molecule has 2 heterocycles. The van der Waals surface area contributed by atoms with Gasteiger partial charge in [0.15, 0.2) is 6.29 Å². The summed E-state index contributed by atoms with van der Waals surface area (Å²) >= 11 is 0. The quantitative estimate of drug-likeness (QED) is 0.422. The Morgan fingerprint density at radius 1 is 1.24 bits per heavy atom. The van der Waals surface area contributed by atoms with Crippen molar-refractivity contribution >= 4 is 11.7 Å². The van der Waals surface area contributed by atoms with Crippen molar-refractivity contribution in [2.45, 2.75) is 76.6 Å². The summed E-state index contributed by atoms with van der Waals surface area (Å²) < 4.78 is 71.1. The number of ether oxygens (including phenoxy) is 2. The van der Waals surface area contributed by atoms with Gasteiger partial charge in [-0.1, -0.05) is 12.1 Å². The van der Waals surface area contributed by atoms with E-state index in [2.05, 4.69) is 20.6 Å². The number of carbonyl (C=O) groups is 1. The molecule has 202 valence electrons. The molecule has 4 rings (SSSR count). The van der Waals surface area contributed by atoms with Gasteiger partial charge in [-0.3, -0.25) is 4.79 Å². The van der Waals surface area contributed by atoms with Gasteiger partial charge in [0.2, 0.25) is 6.17 Å². The number of benzene rings is 1. The number of nitrogens with zero attached hydrogens (tertiary/aromatic N) is 2. The number of carbonyl (C=O) groups excluding carboxylic acids is 1. The van der Waals surface area contributed by atoms with Crippen LogP contribution >= 0.6 is 0 Å². The first-order valence-corrected chi connectivity index (χ1v) is 11.9. The fraction of sp³-hybridized carbons (Fsp3) is 0.560. The molecule has 37 heavy (non-hydrogen) atoms. The summed E-state index contributed by atoms with van der Waals surface area (Å²) in [6, 6.07) is 3.45. The molecule has 12 heteroatoms. The summed E-state index contributed by atoms with van der Waals surface area (Å²) in [5.74, 6) is -5.80. The third-order valence-corrected chi connectivity index (χ3v) is 6.47. The van der Waals surface area contributed by atoms with Gasteiger partial charge >= 0.3 is 5.92 Å². The number of anilines is 1. The highest BCUT2D eigenvalue weighted by Crippen LogP contribution is 2.41. The van der Waals surface area contributed by atoms with Gasteiger partial charge in [-0.2, -0.15) is 8.78 Å². The minimum Gasteiger partial charge on any atom is -0.384 e. The van der Waals surface area contributed by atoms with Gasteiger partial charge < -0.3 is 25.2 Å². The minimum atomic E-state index is -3.87. The Kier molecular flexibility index (Phi) is 7.21. The van der Waals surface area contributed by atoms with E-state index in [0.717, 1.165) is 32.8 Å². The van der Waals surface area contributed by atoms with Gasteiger partial charge in [0.1, 0.15) is 23.1 Å². The topological polar surface area (TPSA) is 106 Å². The van der Waals surface area contributed by atoms with Crippen LogP contribution in [0.4, 0.5) is 23.4 Å². The van der Waals surface area contributed by atoms with Crippen molar-refractivity contribution in [1.29, 1.82) is 0 Å². The van der Waals surface area contributed by atoms with Crippen molar-refractivity contribution in [1.82, 2.24) is 15.3 Å².